The minimum absolute atomic E-state index is 0.138. The van der Waals surface area contributed by atoms with E-state index < -0.39 is 10.0 Å². The molecule has 9 heteroatoms. The number of thiophene rings is 1. The van der Waals surface area contributed by atoms with Crippen molar-refractivity contribution < 1.29 is 17.6 Å². The Balaban J connectivity index is 1.56. The SMILES string of the molecule is CC(C)[C@@H](NC(=O)N1CCC(NS(=O)(=O)c2cccs2)CC1)c1ccc(F)cc1. The molecule has 1 fully saturated rings. The van der Waals surface area contributed by atoms with Crippen LogP contribution in [0.1, 0.15) is 38.3 Å². The highest BCUT2D eigenvalue weighted by atomic mass is 32.2. The molecule has 0 spiro atoms. The van der Waals surface area contributed by atoms with Gasteiger partial charge in [0.15, 0.2) is 0 Å². The summed E-state index contributed by atoms with van der Waals surface area (Å²) in [6, 6.07) is 8.84. The van der Waals surface area contributed by atoms with E-state index in [1.54, 1.807) is 34.5 Å². The molecule has 0 radical (unpaired) electrons. The smallest absolute Gasteiger partial charge is 0.317 e. The minimum atomic E-state index is -3.51. The molecular formula is C20H26FN3O3S2. The van der Waals surface area contributed by atoms with Crippen LogP contribution in [-0.4, -0.2) is 38.5 Å². The van der Waals surface area contributed by atoms with Gasteiger partial charge in [-0.1, -0.05) is 32.0 Å². The minimum Gasteiger partial charge on any atom is -0.331 e. The summed E-state index contributed by atoms with van der Waals surface area (Å²) in [5.41, 5.74) is 0.855. The van der Waals surface area contributed by atoms with Crippen LogP contribution in [0.5, 0.6) is 0 Å². The number of halogens is 1. The van der Waals surface area contributed by atoms with Gasteiger partial charge >= 0.3 is 6.03 Å². The molecule has 2 N–H and O–H groups in total. The number of carbonyl (C=O) groups is 1. The van der Waals surface area contributed by atoms with Crippen molar-refractivity contribution in [3.8, 4) is 0 Å². The second-order valence-electron chi connectivity index (χ2n) is 7.54. The van der Waals surface area contributed by atoms with E-state index in [2.05, 4.69) is 10.0 Å². The number of amides is 2. The van der Waals surface area contributed by atoms with Gasteiger partial charge in [-0.05, 0) is 47.9 Å². The summed E-state index contributed by atoms with van der Waals surface area (Å²) in [7, 11) is -3.51. The summed E-state index contributed by atoms with van der Waals surface area (Å²) in [6.45, 7) is 4.94. The molecule has 2 aromatic rings. The van der Waals surface area contributed by atoms with E-state index in [-0.39, 0.29) is 29.8 Å². The molecule has 0 bridgehead atoms. The maximum Gasteiger partial charge on any atom is 0.317 e. The zero-order chi connectivity index (χ0) is 21.0. The molecule has 0 unspecified atom stereocenters. The number of piperidine rings is 1. The van der Waals surface area contributed by atoms with Crippen molar-refractivity contribution >= 4 is 27.4 Å². The van der Waals surface area contributed by atoms with Crippen molar-refractivity contribution in [2.45, 2.75) is 43.0 Å². The van der Waals surface area contributed by atoms with E-state index in [1.165, 1.54) is 23.5 Å². The zero-order valence-corrected chi connectivity index (χ0v) is 18.1. The van der Waals surface area contributed by atoms with Gasteiger partial charge in [-0.2, -0.15) is 0 Å². The van der Waals surface area contributed by atoms with Crippen molar-refractivity contribution in [3.63, 3.8) is 0 Å². The highest BCUT2D eigenvalue weighted by Gasteiger charge is 2.28. The fourth-order valence-electron chi connectivity index (χ4n) is 3.42. The predicted octanol–water partition coefficient (Wildman–Crippen LogP) is 3.74. The Kier molecular flexibility index (Phi) is 6.92. The number of nitrogens with zero attached hydrogens (tertiary/aromatic N) is 1. The first-order chi connectivity index (χ1) is 13.8. The summed E-state index contributed by atoms with van der Waals surface area (Å²) in [5.74, 6) is -0.172. The van der Waals surface area contributed by atoms with E-state index >= 15 is 0 Å². The van der Waals surface area contributed by atoms with Crippen LogP contribution in [0.3, 0.4) is 0 Å². The molecule has 158 valence electrons. The van der Waals surface area contributed by atoms with E-state index in [4.69, 9.17) is 0 Å². The van der Waals surface area contributed by atoms with Gasteiger partial charge in [0.25, 0.3) is 0 Å². The van der Waals surface area contributed by atoms with Crippen LogP contribution in [0.15, 0.2) is 46.0 Å². The number of benzene rings is 1. The Morgan fingerprint density at radius 1 is 1.17 bits per heavy atom. The number of hydrogen-bond donors (Lipinski definition) is 2. The molecule has 1 aromatic carbocycles. The van der Waals surface area contributed by atoms with Crippen LogP contribution in [0.4, 0.5) is 9.18 Å². The van der Waals surface area contributed by atoms with Gasteiger partial charge < -0.3 is 10.2 Å². The molecule has 1 aromatic heterocycles. The number of urea groups is 1. The van der Waals surface area contributed by atoms with Crippen LogP contribution in [0, 0.1) is 11.7 Å². The van der Waals surface area contributed by atoms with Crippen molar-refractivity contribution in [2.24, 2.45) is 5.92 Å². The number of likely N-dealkylation sites (tertiary alicyclic amines) is 1. The maximum absolute atomic E-state index is 13.2. The van der Waals surface area contributed by atoms with Crippen LogP contribution in [-0.2, 0) is 10.0 Å². The van der Waals surface area contributed by atoms with E-state index in [0.29, 0.717) is 30.1 Å². The van der Waals surface area contributed by atoms with Crippen molar-refractivity contribution in [3.05, 3.63) is 53.2 Å². The van der Waals surface area contributed by atoms with Crippen molar-refractivity contribution in [2.75, 3.05) is 13.1 Å². The van der Waals surface area contributed by atoms with E-state index in [0.717, 1.165) is 5.56 Å². The second kappa shape index (κ2) is 9.23. The Labute approximate surface area is 175 Å². The van der Waals surface area contributed by atoms with Gasteiger partial charge in [0, 0.05) is 19.1 Å². The third kappa shape index (κ3) is 5.55. The first-order valence-corrected chi connectivity index (χ1v) is 12.0. The van der Waals surface area contributed by atoms with Crippen LogP contribution >= 0.6 is 11.3 Å². The number of rotatable bonds is 6. The standard InChI is InChI=1S/C20H26FN3O3S2/c1-14(2)19(15-5-7-16(21)8-6-15)22-20(25)24-11-9-17(10-12-24)23-29(26,27)18-4-3-13-28-18/h3-8,13-14,17,19,23H,9-12H2,1-2H3,(H,22,25)/t19-/m1/s1. The summed E-state index contributed by atoms with van der Waals surface area (Å²) < 4.78 is 41.0. The number of nitrogens with one attached hydrogen (secondary N) is 2. The number of sulfonamides is 1. The van der Waals surface area contributed by atoms with E-state index in [9.17, 15) is 17.6 Å². The zero-order valence-electron chi connectivity index (χ0n) is 16.5. The fraction of sp³-hybridized carbons (Fsp3) is 0.450. The molecule has 6 nitrogen and oxygen atoms in total. The molecular weight excluding hydrogens is 413 g/mol. The van der Waals surface area contributed by atoms with Gasteiger partial charge in [-0.3, -0.25) is 0 Å². The van der Waals surface area contributed by atoms with E-state index in [1.807, 2.05) is 13.8 Å². The molecule has 3 rings (SSSR count). The Morgan fingerprint density at radius 2 is 1.83 bits per heavy atom. The summed E-state index contributed by atoms with van der Waals surface area (Å²) >= 11 is 1.18. The number of hydrogen-bond acceptors (Lipinski definition) is 4. The molecule has 1 atom stereocenters. The van der Waals surface area contributed by atoms with Gasteiger partial charge in [-0.25, -0.2) is 22.3 Å². The third-order valence-electron chi connectivity index (χ3n) is 5.04. The molecule has 29 heavy (non-hydrogen) atoms. The van der Waals surface area contributed by atoms with Crippen LogP contribution in [0.25, 0.3) is 0 Å². The Morgan fingerprint density at radius 3 is 2.38 bits per heavy atom. The molecule has 2 heterocycles. The van der Waals surface area contributed by atoms with Gasteiger partial charge in [0.1, 0.15) is 10.0 Å². The first kappa shape index (κ1) is 21.7. The highest BCUT2D eigenvalue weighted by Crippen LogP contribution is 2.23. The Bertz CT molecular complexity index is 907. The van der Waals surface area contributed by atoms with Gasteiger partial charge in [0.2, 0.25) is 10.0 Å². The normalized spacial score (nSPS) is 16.8. The lowest BCUT2D eigenvalue weighted by Gasteiger charge is -2.34. The summed E-state index contributed by atoms with van der Waals surface area (Å²) in [4.78, 5) is 14.4. The Hall–Kier alpha value is -1.97. The highest BCUT2D eigenvalue weighted by molar-refractivity contribution is 7.91. The molecule has 1 aliphatic rings. The quantitative estimate of drug-likeness (QED) is 0.720. The monoisotopic (exact) mass is 439 g/mol. The van der Waals surface area contributed by atoms with Gasteiger partial charge in [0.05, 0.1) is 6.04 Å². The lowest BCUT2D eigenvalue weighted by Crippen LogP contribution is -2.50. The van der Waals surface area contributed by atoms with Crippen molar-refractivity contribution in [1.29, 1.82) is 0 Å². The average Bonchev–Trinajstić information content (AvgIpc) is 3.23. The van der Waals surface area contributed by atoms with Crippen molar-refractivity contribution in [1.82, 2.24) is 14.9 Å². The molecule has 1 saturated heterocycles. The second-order valence-corrected chi connectivity index (χ2v) is 10.4. The summed E-state index contributed by atoms with van der Waals surface area (Å²) in [6.07, 6.45) is 1.11. The third-order valence-corrected chi connectivity index (χ3v) is 7.96. The van der Waals surface area contributed by atoms with Crippen LogP contribution in [0.2, 0.25) is 0 Å². The molecule has 1 aliphatic heterocycles. The van der Waals surface area contributed by atoms with Gasteiger partial charge in [-0.15, -0.1) is 11.3 Å². The fourth-order valence-corrected chi connectivity index (χ4v) is 5.74. The molecule has 0 aliphatic carbocycles. The first-order valence-electron chi connectivity index (χ1n) is 9.63. The largest absolute Gasteiger partial charge is 0.331 e. The molecule has 0 saturated carbocycles. The molecule has 2 amide bonds. The lowest BCUT2D eigenvalue weighted by molar-refractivity contribution is 0.173. The summed E-state index contributed by atoms with van der Waals surface area (Å²) in [5, 5.41) is 4.76. The predicted molar refractivity (Wildman–Crippen MR) is 112 cm³/mol. The lowest BCUT2D eigenvalue weighted by atomic mass is 9.96. The average molecular weight is 440 g/mol. The number of carbonyl (C=O) groups excluding carboxylic acids is 1. The maximum atomic E-state index is 13.2. The van der Waals surface area contributed by atoms with Crippen LogP contribution < -0.4 is 10.0 Å². The topological polar surface area (TPSA) is 78.5 Å².